The van der Waals surface area contributed by atoms with E-state index in [2.05, 4.69) is 26.1 Å². The van der Waals surface area contributed by atoms with E-state index >= 15 is 0 Å². The summed E-state index contributed by atoms with van der Waals surface area (Å²) in [5.74, 6) is 3.19. The molecule has 3 unspecified atom stereocenters. The molecule has 0 radical (unpaired) electrons. The molecular formula is C13H28N2. The highest BCUT2D eigenvalue weighted by Gasteiger charge is 2.25. The SMILES string of the molecule is CC(C)C(C)CNCC1CCCC1CN. The summed E-state index contributed by atoms with van der Waals surface area (Å²) in [5.41, 5.74) is 5.78. The standard InChI is InChI=1S/C13H28N2/c1-10(2)11(3)8-15-9-13-6-4-5-12(13)7-14/h10-13,15H,4-9,14H2,1-3H3. The van der Waals surface area contributed by atoms with Gasteiger partial charge in [0, 0.05) is 0 Å². The number of hydrogen-bond acceptors (Lipinski definition) is 2. The first-order valence-electron chi connectivity index (χ1n) is 6.56. The van der Waals surface area contributed by atoms with Crippen molar-refractivity contribution in [3.63, 3.8) is 0 Å². The molecule has 2 nitrogen and oxygen atoms in total. The van der Waals surface area contributed by atoms with Gasteiger partial charge in [-0.25, -0.2) is 0 Å². The Balaban J connectivity index is 2.14. The van der Waals surface area contributed by atoms with Crippen LogP contribution >= 0.6 is 0 Å². The second-order valence-corrected chi connectivity index (χ2v) is 5.57. The highest BCUT2D eigenvalue weighted by atomic mass is 14.9. The van der Waals surface area contributed by atoms with Gasteiger partial charge in [-0.1, -0.05) is 27.2 Å². The van der Waals surface area contributed by atoms with Gasteiger partial charge in [0.1, 0.15) is 0 Å². The lowest BCUT2D eigenvalue weighted by atomic mass is 9.95. The Labute approximate surface area is 95.0 Å². The first kappa shape index (κ1) is 13.0. The van der Waals surface area contributed by atoms with Crippen LogP contribution in [-0.4, -0.2) is 19.6 Å². The van der Waals surface area contributed by atoms with Crippen LogP contribution in [0.15, 0.2) is 0 Å². The molecule has 1 rings (SSSR count). The first-order valence-corrected chi connectivity index (χ1v) is 6.56. The van der Waals surface area contributed by atoms with Gasteiger partial charge < -0.3 is 11.1 Å². The minimum absolute atomic E-state index is 0.780. The van der Waals surface area contributed by atoms with Crippen LogP contribution in [0, 0.1) is 23.7 Å². The van der Waals surface area contributed by atoms with E-state index in [1.54, 1.807) is 0 Å². The Morgan fingerprint density at radius 1 is 1.20 bits per heavy atom. The van der Waals surface area contributed by atoms with Crippen molar-refractivity contribution >= 4 is 0 Å². The Morgan fingerprint density at radius 3 is 2.47 bits per heavy atom. The van der Waals surface area contributed by atoms with E-state index in [0.717, 1.165) is 36.8 Å². The lowest BCUT2D eigenvalue weighted by Gasteiger charge is -2.21. The molecule has 15 heavy (non-hydrogen) atoms. The van der Waals surface area contributed by atoms with Crippen molar-refractivity contribution in [1.29, 1.82) is 0 Å². The molecule has 90 valence electrons. The molecule has 0 bridgehead atoms. The topological polar surface area (TPSA) is 38.0 Å². The van der Waals surface area contributed by atoms with Crippen molar-refractivity contribution in [3.8, 4) is 0 Å². The van der Waals surface area contributed by atoms with E-state index in [-0.39, 0.29) is 0 Å². The van der Waals surface area contributed by atoms with E-state index < -0.39 is 0 Å². The lowest BCUT2D eigenvalue weighted by molar-refractivity contribution is 0.338. The van der Waals surface area contributed by atoms with E-state index in [1.165, 1.54) is 25.8 Å². The summed E-state index contributed by atoms with van der Waals surface area (Å²) >= 11 is 0. The van der Waals surface area contributed by atoms with Crippen LogP contribution in [0.3, 0.4) is 0 Å². The van der Waals surface area contributed by atoms with Gasteiger partial charge in [0.05, 0.1) is 0 Å². The third-order valence-corrected chi connectivity index (χ3v) is 4.13. The maximum Gasteiger partial charge on any atom is -0.00173 e. The number of hydrogen-bond donors (Lipinski definition) is 2. The second-order valence-electron chi connectivity index (χ2n) is 5.57. The van der Waals surface area contributed by atoms with Gasteiger partial charge in [0.15, 0.2) is 0 Å². The molecule has 0 aromatic carbocycles. The van der Waals surface area contributed by atoms with Crippen molar-refractivity contribution in [3.05, 3.63) is 0 Å². The minimum Gasteiger partial charge on any atom is -0.330 e. The van der Waals surface area contributed by atoms with Crippen LogP contribution in [0.2, 0.25) is 0 Å². The van der Waals surface area contributed by atoms with Gasteiger partial charge in [-0.3, -0.25) is 0 Å². The molecule has 1 saturated carbocycles. The molecule has 0 aliphatic heterocycles. The summed E-state index contributed by atoms with van der Waals surface area (Å²) in [4.78, 5) is 0. The van der Waals surface area contributed by atoms with Gasteiger partial charge in [-0.2, -0.15) is 0 Å². The molecule has 0 spiro atoms. The molecule has 1 aliphatic rings. The fourth-order valence-corrected chi connectivity index (χ4v) is 2.42. The summed E-state index contributed by atoms with van der Waals surface area (Å²) in [6, 6.07) is 0. The quantitative estimate of drug-likeness (QED) is 0.708. The molecule has 0 saturated heterocycles. The fraction of sp³-hybridized carbons (Fsp3) is 1.00. The monoisotopic (exact) mass is 212 g/mol. The van der Waals surface area contributed by atoms with E-state index in [1.807, 2.05) is 0 Å². The Hall–Kier alpha value is -0.0800. The van der Waals surface area contributed by atoms with E-state index in [0.29, 0.717) is 0 Å². The van der Waals surface area contributed by atoms with E-state index in [9.17, 15) is 0 Å². The summed E-state index contributed by atoms with van der Waals surface area (Å²) in [7, 11) is 0. The predicted octanol–water partition coefficient (Wildman–Crippen LogP) is 2.24. The fourth-order valence-electron chi connectivity index (χ4n) is 2.42. The Morgan fingerprint density at radius 2 is 1.87 bits per heavy atom. The smallest absolute Gasteiger partial charge is 0.00173 e. The van der Waals surface area contributed by atoms with Crippen molar-refractivity contribution in [1.82, 2.24) is 5.32 Å². The molecular weight excluding hydrogens is 184 g/mol. The molecule has 3 N–H and O–H groups in total. The van der Waals surface area contributed by atoms with Crippen LogP contribution in [0.1, 0.15) is 40.0 Å². The van der Waals surface area contributed by atoms with Crippen LogP contribution in [-0.2, 0) is 0 Å². The van der Waals surface area contributed by atoms with Crippen LogP contribution in [0.5, 0.6) is 0 Å². The third kappa shape index (κ3) is 4.12. The van der Waals surface area contributed by atoms with Gasteiger partial charge >= 0.3 is 0 Å². The molecule has 0 heterocycles. The van der Waals surface area contributed by atoms with Crippen LogP contribution in [0.25, 0.3) is 0 Å². The summed E-state index contributed by atoms with van der Waals surface area (Å²) in [6.45, 7) is 10.1. The number of nitrogens with two attached hydrogens (primary N) is 1. The predicted molar refractivity (Wildman–Crippen MR) is 66.8 cm³/mol. The van der Waals surface area contributed by atoms with Crippen molar-refractivity contribution in [2.45, 2.75) is 40.0 Å². The Bertz CT molecular complexity index is 168. The maximum atomic E-state index is 5.78. The molecule has 0 aromatic heterocycles. The normalized spacial score (nSPS) is 28.6. The van der Waals surface area contributed by atoms with Crippen molar-refractivity contribution in [2.75, 3.05) is 19.6 Å². The average Bonchev–Trinajstić information content (AvgIpc) is 2.65. The molecule has 0 aromatic rings. The molecule has 1 aliphatic carbocycles. The summed E-state index contributed by atoms with van der Waals surface area (Å²) in [6.07, 6.45) is 4.11. The second kappa shape index (κ2) is 6.49. The molecule has 2 heteroatoms. The number of rotatable bonds is 6. The first-order chi connectivity index (χ1) is 7.15. The molecule has 1 fully saturated rings. The zero-order chi connectivity index (χ0) is 11.3. The number of nitrogens with one attached hydrogen (secondary N) is 1. The zero-order valence-electron chi connectivity index (χ0n) is 10.6. The van der Waals surface area contributed by atoms with Crippen LogP contribution < -0.4 is 11.1 Å². The minimum atomic E-state index is 0.780. The van der Waals surface area contributed by atoms with Crippen LogP contribution in [0.4, 0.5) is 0 Å². The summed E-state index contributed by atoms with van der Waals surface area (Å²) < 4.78 is 0. The molecule has 3 atom stereocenters. The lowest BCUT2D eigenvalue weighted by Crippen LogP contribution is -2.32. The summed E-state index contributed by atoms with van der Waals surface area (Å²) in [5, 5.41) is 3.62. The molecule has 0 amide bonds. The highest BCUT2D eigenvalue weighted by Crippen LogP contribution is 2.30. The highest BCUT2D eigenvalue weighted by molar-refractivity contribution is 4.79. The van der Waals surface area contributed by atoms with E-state index in [4.69, 9.17) is 5.73 Å². The van der Waals surface area contributed by atoms with Crippen molar-refractivity contribution < 1.29 is 0 Å². The van der Waals surface area contributed by atoms with Crippen molar-refractivity contribution in [2.24, 2.45) is 29.4 Å². The van der Waals surface area contributed by atoms with Gasteiger partial charge in [0.2, 0.25) is 0 Å². The average molecular weight is 212 g/mol. The van der Waals surface area contributed by atoms with Gasteiger partial charge in [-0.05, 0) is 56.1 Å². The largest absolute Gasteiger partial charge is 0.330 e. The Kier molecular flexibility index (Phi) is 5.62. The third-order valence-electron chi connectivity index (χ3n) is 4.13. The maximum absolute atomic E-state index is 5.78. The van der Waals surface area contributed by atoms with Gasteiger partial charge in [-0.15, -0.1) is 0 Å². The van der Waals surface area contributed by atoms with Gasteiger partial charge in [0.25, 0.3) is 0 Å². The zero-order valence-corrected chi connectivity index (χ0v) is 10.6.